The van der Waals surface area contributed by atoms with Crippen LogP contribution in [0.5, 0.6) is 5.75 Å². The number of carbonyl (C=O) groups excluding carboxylic acids is 1. The highest BCUT2D eigenvalue weighted by Gasteiger charge is 2.30. The number of alkyl halides is 3. The normalized spacial score (nSPS) is 11.2. The number of ketones is 1. The van der Waals surface area contributed by atoms with Crippen LogP contribution in [0.15, 0.2) is 48.8 Å². The zero-order chi connectivity index (χ0) is 14.6. The van der Waals surface area contributed by atoms with E-state index in [2.05, 4.69) is 9.72 Å². The van der Waals surface area contributed by atoms with Crippen molar-refractivity contribution in [2.45, 2.75) is 12.8 Å². The quantitative estimate of drug-likeness (QED) is 0.806. The van der Waals surface area contributed by atoms with Crippen LogP contribution in [-0.2, 0) is 6.42 Å². The molecule has 0 saturated heterocycles. The maximum absolute atomic E-state index is 12.0. The molecule has 1 aromatic heterocycles. The topological polar surface area (TPSA) is 39.2 Å². The van der Waals surface area contributed by atoms with Crippen molar-refractivity contribution in [3.05, 3.63) is 59.9 Å². The number of carbonyl (C=O) groups is 1. The average Bonchev–Trinajstić information content (AvgIpc) is 2.40. The van der Waals surface area contributed by atoms with Crippen LogP contribution in [-0.4, -0.2) is 17.1 Å². The fourth-order valence-corrected chi connectivity index (χ4v) is 1.62. The first-order chi connectivity index (χ1) is 9.44. The molecule has 0 amide bonds. The molecule has 0 bridgehead atoms. The zero-order valence-corrected chi connectivity index (χ0v) is 10.2. The number of rotatable bonds is 4. The van der Waals surface area contributed by atoms with Crippen molar-refractivity contribution in [3.8, 4) is 5.75 Å². The summed E-state index contributed by atoms with van der Waals surface area (Å²) in [5.41, 5.74) is 1.07. The molecule has 0 fully saturated rings. The van der Waals surface area contributed by atoms with Gasteiger partial charge in [0, 0.05) is 24.4 Å². The number of benzene rings is 1. The highest BCUT2D eigenvalue weighted by molar-refractivity contribution is 5.97. The lowest BCUT2D eigenvalue weighted by molar-refractivity contribution is -0.274. The van der Waals surface area contributed by atoms with Crippen molar-refractivity contribution >= 4 is 5.78 Å². The largest absolute Gasteiger partial charge is 0.573 e. The van der Waals surface area contributed by atoms with E-state index in [0.29, 0.717) is 11.1 Å². The van der Waals surface area contributed by atoms with Crippen LogP contribution >= 0.6 is 0 Å². The molecule has 0 aliphatic carbocycles. The first kappa shape index (κ1) is 14.0. The lowest BCUT2D eigenvalue weighted by atomic mass is 10.0. The van der Waals surface area contributed by atoms with Crippen LogP contribution in [0.4, 0.5) is 13.2 Å². The van der Waals surface area contributed by atoms with Crippen molar-refractivity contribution < 1.29 is 22.7 Å². The predicted octanol–water partition coefficient (Wildman–Crippen LogP) is 3.41. The van der Waals surface area contributed by atoms with E-state index in [0.717, 1.165) is 0 Å². The van der Waals surface area contributed by atoms with E-state index in [9.17, 15) is 18.0 Å². The van der Waals surface area contributed by atoms with Crippen molar-refractivity contribution in [1.82, 2.24) is 4.98 Å². The van der Waals surface area contributed by atoms with Crippen LogP contribution in [0.2, 0.25) is 0 Å². The Morgan fingerprint density at radius 1 is 1.15 bits per heavy atom. The smallest absolute Gasteiger partial charge is 0.406 e. The fraction of sp³-hybridized carbons (Fsp3) is 0.143. The van der Waals surface area contributed by atoms with Crippen molar-refractivity contribution in [3.63, 3.8) is 0 Å². The molecule has 0 spiro atoms. The van der Waals surface area contributed by atoms with E-state index in [1.54, 1.807) is 18.3 Å². The summed E-state index contributed by atoms with van der Waals surface area (Å²) in [7, 11) is 0. The second-order valence-corrected chi connectivity index (χ2v) is 4.03. The van der Waals surface area contributed by atoms with Crippen molar-refractivity contribution in [2.75, 3.05) is 0 Å². The van der Waals surface area contributed by atoms with E-state index < -0.39 is 6.36 Å². The molecular formula is C14H10F3NO2. The molecule has 3 nitrogen and oxygen atoms in total. The minimum absolute atomic E-state index is 0.0952. The third-order valence-corrected chi connectivity index (χ3v) is 2.51. The maximum atomic E-state index is 12.0. The van der Waals surface area contributed by atoms with Gasteiger partial charge >= 0.3 is 6.36 Å². The SMILES string of the molecule is O=C(Cc1ccc(OC(F)(F)F)cc1)c1cccnc1. The van der Waals surface area contributed by atoms with Gasteiger partial charge in [0.25, 0.3) is 0 Å². The summed E-state index contributed by atoms with van der Waals surface area (Å²) in [5.74, 6) is -0.460. The van der Waals surface area contributed by atoms with Gasteiger partial charge in [0.05, 0.1) is 0 Å². The summed E-state index contributed by atoms with van der Waals surface area (Å²) >= 11 is 0. The summed E-state index contributed by atoms with van der Waals surface area (Å²) in [5, 5.41) is 0. The van der Waals surface area contributed by atoms with Crippen molar-refractivity contribution in [1.29, 1.82) is 0 Å². The van der Waals surface area contributed by atoms with Crippen LogP contribution in [0, 0.1) is 0 Å². The first-order valence-corrected chi connectivity index (χ1v) is 5.72. The van der Waals surface area contributed by atoms with Gasteiger partial charge < -0.3 is 4.74 Å². The number of hydrogen-bond acceptors (Lipinski definition) is 3. The molecule has 1 heterocycles. The number of ether oxygens (including phenoxy) is 1. The Balaban J connectivity index is 2.02. The van der Waals surface area contributed by atoms with Crippen LogP contribution in [0.3, 0.4) is 0 Å². The van der Waals surface area contributed by atoms with Crippen molar-refractivity contribution in [2.24, 2.45) is 0 Å². The predicted molar refractivity (Wildman–Crippen MR) is 65.4 cm³/mol. The molecule has 0 atom stereocenters. The molecule has 6 heteroatoms. The first-order valence-electron chi connectivity index (χ1n) is 5.72. The summed E-state index contributed by atoms with van der Waals surface area (Å²) in [4.78, 5) is 15.7. The zero-order valence-electron chi connectivity index (χ0n) is 10.2. The second kappa shape index (κ2) is 5.73. The Bertz CT molecular complexity index is 580. The Hall–Kier alpha value is -2.37. The van der Waals surface area contributed by atoms with E-state index in [4.69, 9.17) is 0 Å². The molecule has 0 radical (unpaired) electrons. The minimum Gasteiger partial charge on any atom is -0.406 e. The monoisotopic (exact) mass is 281 g/mol. The number of hydrogen-bond donors (Lipinski definition) is 0. The Morgan fingerprint density at radius 3 is 2.40 bits per heavy atom. The third kappa shape index (κ3) is 4.08. The highest BCUT2D eigenvalue weighted by atomic mass is 19.4. The van der Waals surface area contributed by atoms with E-state index in [1.807, 2.05) is 0 Å². The molecule has 0 unspecified atom stereocenters. The standard InChI is InChI=1S/C14H10F3NO2/c15-14(16,17)20-12-5-3-10(4-6-12)8-13(19)11-2-1-7-18-9-11/h1-7,9H,8H2. The summed E-state index contributed by atoms with van der Waals surface area (Å²) in [6.45, 7) is 0. The second-order valence-electron chi connectivity index (χ2n) is 4.03. The van der Waals surface area contributed by atoms with Gasteiger partial charge in [-0.1, -0.05) is 12.1 Å². The summed E-state index contributed by atoms with van der Waals surface area (Å²) in [6.07, 6.45) is -1.62. The van der Waals surface area contributed by atoms with Crippen LogP contribution < -0.4 is 4.74 Å². The molecule has 0 saturated carbocycles. The van der Waals surface area contributed by atoms with Gasteiger partial charge in [0.2, 0.25) is 0 Å². The average molecular weight is 281 g/mol. The molecule has 20 heavy (non-hydrogen) atoms. The fourth-order valence-electron chi connectivity index (χ4n) is 1.62. The van der Waals surface area contributed by atoms with Gasteiger partial charge in [-0.15, -0.1) is 13.2 Å². The molecular weight excluding hydrogens is 271 g/mol. The van der Waals surface area contributed by atoms with Crippen LogP contribution in [0.25, 0.3) is 0 Å². The minimum atomic E-state index is -4.72. The number of aromatic nitrogens is 1. The summed E-state index contributed by atoms with van der Waals surface area (Å²) < 4.78 is 39.7. The molecule has 2 aromatic rings. The number of Topliss-reactive ketones (excluding diaryl/α,β-unsaturated/α-hetero) is 1. The Labute approximate surface area is 113 Å². The highest BCUT2D eigenvalue weighted by Crippen LogP contribution is 2.23. The molecule has 2 rings (SSSR count). The lowest BCUT2D eigenvalue weighted by Gasteiger charge is -2.09. The van der Waals surface area contributed by atoms with E-state index >= 15 is 0 Å². The van der Waals surface area contributed by atoms with Gasteiger partial charge in [-0.25, -0.2) is 0 Å². The molecule has 0 aliphatic rings. The van der Waals surface area contributed by atoms with Crippen LogP contribution in [0.1, 0.15) is 15.9 Å². The molecule has 0 aliphatic heterocycles. The summed E-state index contributed by atoms with van der Waals surface area (Å²) in [6, 6.07) is 8.49. The van der Waals surface area contributed by atoms with Gasteiger partial charge in [-0.3, -0.25) is 9.78 Å². The maximum Gasteiger partial charge on any atom is 0.573 e. The van der Waals surface area contributed by atoms with E-state index in [1.165, 1.54) is 30.5 Å². The molecule has 0 N–H and O–H groups in total. The van der Waals surface area contributed by atoms with Gasteiger partial charge in [0.1, 0.15) is 5.75 Å². The van der Waals surface area contributed by atoms with E-state index in [-0.39, 0.29) is 18.0 Å². The molecule has 104 valence electrons. The number of pyridine rings is 1. The third-order valence-electron chi connectivity index (χ3n) is 2.51. The Kier molecular flexibility index (Phi) is 4.02. The number of nitrogens with zero attached hydrogens (tertiary/aromatic N) is 1. The number of halogens is 3. The lowest BCUT2D eigenvalue weighted by Crippen LogP contribution is -2.17. The van der Waals surface area contributed by atoms with Gasteiger partial charge in [0.15, 0.2) is 5.78 Å². The Morgan fingerprint density at radius 2 is 1.85 bits per heavy atom. The van der Waals surface area contributed by atoms with Gasteiger partial charge in [-0.2, -0.15) is 0 Å². The molecule has 1 aromatic carbocycles. The van der Waals surface area contributed by atoms with Gasteiger partial charge in [-0.05, 0) is 29.8 Å².